The third-order valence-corrected chi connectivity index (χ3v) is 5.37. The SMILES string of the molecule is N[C@H]1CCCN(C(=O)OCC2c3ccccc3-c3ccccc32)CC1. The van der Waals surface area contributed by atoms with Crippen LogP contribution in [0.25, 0.3) is 11.1 Å². The number of hydrogen-bond donors (Lipinski definition) is 1. The number of benzene rings is 2. The van der Waals surface area contributed by atoms with E-state index in [0.717, 1.165) is 25.8 Å². The first-order valence-electron chi connectivity index (χ1n) is 9.09. The van der Waals surface area contributed by atoms with Crippen molar-refractivity contribution in [1.29, 1.82) is 0 Å². The second-order valence-electron chi connectivity index (χ2n) is 6.98. The van der Waals surface area contributed by atoms with Crippen molar-refractivity contribution in [2.75, 3.05) is 19.7 Å². The van der Waals surface area contributed by atoms with Gasteiger partial charge in [-0.25, -0.2) is 4.79 Å². The Balaban J connectivity index is 1.48. The molecule has 0 bridgehead atoms. The van der Waals surface area contributed by atoms with Gasteiger partial charge in [0, 0.05) is 25.0 Å². The lowest BCUT2D eigenvalue weighted by Crippen LogP contribution is -2.34. The first-order valence-corrected chi connectivity index (χ1v) is 9.09. The van der Waals surface area contributed by atoms with Gasteiger partial charge in [0.05, 0.1) is 0 Å². The smallest absolute Gasteiger partial charge is 0.409 e. The van der Waals surface area contributed by atoms with Crippen LogP contribution in [0.15, 0.2) is 48.5 Å². The second-order valence-corrected chi connectivity index (χ2v) is 6.98. The van der Waals surface area contributed by atoms with Crippen LogP contribution in [0.1, 0.15) is 36.3 Å². The van der Waals surface area contributed by atoms with Crippen molar-refractivity contribution in [2.24, 2.45) is 5.73 Å². The molecule has 2 aromatic rings. The van der Waals surface area contributed by atoms with Crippen molar-refractivity contribution in [1.82, 2.24) is 4.90 Å². The number of rotatable bonds is 2. The largest absolute Gasteiger partial charge is 0.448 e. The third kappa shape index (κ3) is 3.14. The fourth-order valence-corrected chi connectivity index (χ4v) is 3.99. The van der Waals surface area contributed by atoms with Crippen LogP contribution in [0.5, 0.6) is 0 Å². The van der Waals surface area contributed by atoms with Gasteiger partial charge >= 0.3 is 6.09 Å². The lowest BCUT2D eigenvalue weighted by Gasteiger charge is -2.22. The molecular weight excluding hydrogens is 312 g/mol. The normalized spacial score (nSPS) is 19.9. The zero-order valence-electron chi connectivity index (χ0n) is 14.4. The van der Waals surface area contributed by atoms with Gasteiger partial charge in [-0.2, -0.15) is 0 Å². The summed E-state index contributed by atoms with van der Waals surface area (Å²) < 4.78 is 5.72. The van der Waals surface area contributed by atoms with Crippen LogP contribution >= 0.6 is 0 Å². The number of carbonyl (C=O) groups excluding carboxylic acids is 1. The highest BCUT2D eigenvalue weighted by Gasteiger charge is 2.30. The summed E-state index contributed by atoms with van der Waals surface area (Å²) in [5.41, 5.74) is 11.0. The van der Waals surface area contributed by atoms with E-state index in [1.165, 1.54) is 22.3 Å². The molecule has 0 saturated carbocycles. The molecule has 0 aromatic heterocycles. The van der Waals surface area contributed by atoms with E-state index in [0.29, 0.717) is 13.2 Å². The van der Waals surface area contributed by atoms with Crippen molar-refractivity contribution in [2.45, 2.75) is 31.2 Å². The van der Waals surface area contributed by atoms with E-state index in [1.54, 1.807) is 4.90 Å². The molecular formula is C21H24N2O2. The summed E-state index contributed by atoms with van der Waals surface area (Å²) in [5, 5.41) is 0. The number of fused-ring (bicyclic) bond motifs is 3. The molecule has 0 spiro atoms. The van der Waals surface area contributed by atoms with Gasteiger partial charge in [0.1, 0.15) is 6.61 Å². The second kappa shape index (κ2) is 6.89. The highest BCUT2D eigenvalue weighted by molar-refractivity contribution is 5.79. The molecule has 1 atom stereocenters. The van der Waals surface area contributed by atoms with E-state index in [2.05, 4.69) is 48.5 Å². The van der Waals surface area contributed by atoms with Gasteiger partial charge in [-0.05, 0) is 41.5 Å². The minimum Gasteiger partial charge on any atom is -0.448 e. The predicted octanol–water partition coefficient (Wildman–Crippen LogP) is 3.75. The first kappa shape index (κ1) is 16.2. The molecule has 2 aliphatic rings. The Morgan fingerprint density at radius 3 is 2.32 bits per heavy atom. The number of hydrogen-bond acceptors (Lipinski definition) is 3. The van der Waals surface area contributed by atoms with E-state index in [-0.39, 0.29) is 18.1 Å². The molecule has 4 rings (SSSR count). The van der Waals surface area contributed by atoms with Crippen molar-refractivity contribution >= 4 is 6.09 Å². The molecule has 2 aromatic carbocycles. The summed E-state index contributed by atoms with van der Waals surface area (Å²) in [7, 11) is 0. The van der Waals surface area contributed by atoms with Crippen LogP contribution in [-0.2, 0) is 4.74 Å². The molecule has 4 nitrogen and oxygen atoms in total. The lowest BCUT2D eigenvalue weighted by atomic mass is 9.98. The maximum atomic E-state index is 12.5. The molecule has 1 aliphatic heterocycles. The van der Waals surface area contributed by atoms with E-state index in [1.807, 2.05) is 0 Å². The number of amides is 1. The van der Waals surface area contributed by atoms with Gasteiger partial charge in [0.15, 0.2) is 0 Å². The highest BCUT2D eigenvalue weighted by Crippen LogP contribution is 2.44. The molecule has 130 valence electrons. The number of ether oxygens (including phenoxy) is 1. The van der Waals surface area contributed by atoms with Crippen LogP contribution in [-0.4, -0.2) is 36.7 Å². The maximum Gasteiger partial charge on any atom is 0.409 e. The molecule has 4 heteroatoms. The minimum absolute atomic E-state index is 0.116. The summed E-state index contributed by atoms with van der Waals surface area (Å²) in [5.74, 6) is 0.116. The summed E-state index contributed by atoms with van der Waals surface area (Å²) in [6, 6.07) is 17.0. The fourth-order valence-electron chi connectivity index (χ4n) is 3.99. The van der Waals surface area contributed by atoms with Gasteiger partial charge in [-0.1, -0.05) is 48.5 Å². The fraction of sp³-hybridized carbons (Fsp3) is 0.381. The van der Waals surface area contributed by atoms with Gasteiger partial charge < -0.3 is 15.4 Å². The van der Waals surface area contributed by atoms with Crippen LogP contribution < -0.4 is 5.73 Å². The summed E-state index contributed by atoms with van der Waals surface area (Å²) in [4.78, 5) is 14.3. The summed E-state index contributed by atoms with van der Waals surface area (Å²) >= 11 is 0. The Bertz CT molecular complexity index is 728. The van der Waals surface area contributed by atoms with Crippen LogP contribution in [0.2, 0.25) is 0 Å². The molecule has 25 heavy (non-hydrogen) atoms. The maximum absolute atomic E-state index is 12.5. The van der Waals surface area contributed by atoms with Crippen LogP contribution in [0.3, 0.4) is 0 Å². The van der Waals surface area contributed by atoms with E-state index in [4.69, 9.17) is 10.5 Å². The standard InChI is InChI=1S/C21H24N2O2/c22-15-6-5-12-23(13-11-15)21(24)25-14-20-18-9-3-1-7-16(18)17-8-2-4-10-19(17)20/h1-4,7-10,15,20H,5-6,11-14,22H2/t15-/m0/s1. The average molecular weight is 336 g/mol. The first-order chi connectivity index (χ1) is 12.2. The van der Waals surface area contributed by atoms with E-state index >= 15 is 0 Å². The molecule has 1 aliphatic carbocycles. The zero-order chi connectivity index (χ0) is 17.2. The minimum atomic E-state index is -0.212. The van der Waals surface area contributed by atoms with E-state index in [9.17, 15) is 4.79 Å². The van der Waals surface area contributed by atoms with Gasteiger partial charge in [0.25, 0.3) is 0 Å². The molecule has 1 saturated heterocycles. The lowest BCUT2D eigenvalue weighted by molar-refractivity contribution is 0.101. The van der Waals surface area contributed by atoms with Crippen LogP contribution in [0.4, 0.5) is 4.79 Å². The number of carbonyl (C=O) groups is 1. The summed E-state index contributed by atoms with van der Waals surface area (Å²) in [6.07, 6.45) is 2.57. The average Bonchev–Trinajstić information content (AvgIpc) is 2.79. The Kier molecular flexibility index (Phi) is 4.45. The molecule has 0 radical (unpaired) electrons. The molecule has 1 fully saturated rings. The van der Waals surface area contributed by atoms with Crippen molar-refractivity contribution in [3.05, 3.63) is 59.7 Å². The van der Waals surface area contributed by atoms with Crippen molar-refractivity contribution < 1.29 is 9.53 Å². The quantitative estimate of drug-likeness (QED) is 0.909. The monoisotopic (exact) mass is 336 g/mol. The Labute approximate surface area is 148 Å². The Hall–Kier alpha value is -2.33. The third-order valence-electron chi connectivity index (χ3n) is 5.37. The molecule has 0 unspecified atom stereocenters. The van der Waals surface area contributed by atoms with E-state index < -0.39 is 0 Å². The Morgan fingerprint density at radius 2 is 1.64 bits per heavy atom. The van der Waals surface area contributed by atoms with Gasteiger partial charge in [-0.3, -0.25) is 0 Å². The molecule has 2 N–H and O–H groups in total. The highest BCUT2D eigenvalue weighted by atomic mass is 16.6. The van der Waals surface area contributed by atoms with Gasteiger partial charge in [0.2, 0.25) is 0 Å². The molecule has 1 amide bonds. The van der Waals surface area contributed by atoms with Gasteiger partial charge in [-0.15, -0.1) is 0 Å². The Morgan fingerprint density at radius 1 is 1.00 bits per heavy atom. The topological polar surface area (TPSA) is 55.6 Å². The van der Waals surface area contributed by atoms with Crippen LogP contribution in [0, 0.1) is 0 Å². The number of nitrogens with zero attached hydrogens (tertiary/aromatic N) is 1. The predicted molar refractivity (Wildman–Crippen MR) is 98.5 cm³/mol. The number of nitrogens with two attached hydrogens (primary N) is 1. The zero-order valence-corrected chi connectivity index (χ0v) is 14.4. The van der Waals surface area contributed by atoms with Crippen molar-refractivity contribution in [3.8, 4) is 11.1 Å². The molecule has 1 heterocycles. The number of likely N-dealkylation sites (tertiary alicyclic amines) is 1. The van der Waals surface area contributed by atoms with Crippen molar-refractivity contribution in [3.63, 3.8) is 0 Å². The summed E-state index contributed by atoms with van der Waals surface area (Å²) in [6.45, 7) is 1.82.